The van der Waals surface area contributed by atoms with Gasteiger partial charge in [0.2, 0.25) is 5.95 Å². The minimum atomic E-state index is -0.361. The third kappa shape index (κ3) is 1.80. The molecule has 1 aromatic carbocycles. The van der Waals surface area contributed by atoms with E-state index in [-0.39, 0.29) is 11.7 Å². The molecular formula is C12H10N4O2. The second-order valence-electron chi connectivity index (χ2n) is 3.80. The highest BCUT2D eigenvalue weighted by Gasteiger charge is 2.13. The SMILES string of the molecule is Nc1ccc2oc(C(=O)Nc3ncc[nH]3)cc2c1. The molecule has 0 aliphatic heterocycles. The summed E-state index contributed by atoms with van der Waals surface area (Å²) in [6, 6.07) is 6.85. The lowest BCUT2D eigenvalue weighted by molar-refractivity contribution is 0.0998. The molecule has 0 saturated heterocycles. The van der Waals surface area contributed by atoms with E-state index < -0.39 is 0 Å². The van der Waals surface area contributed by atoms with Gasteiger partial charge in [-0.1, -0.05) is 0 Å². The van der Waals surface area contributed by atoms with Gasteiger partial charge in [-0.2, -0.15) is 0 Å². The topological polar surface area (TPSA) is 96.9 Å². The Morgan fingerprint density at radius 3 is 3.06 bits per heavy atom. The van der Waals surface area contributed by atoms with Gasteiger partial charge in [0.1, 0.15) is 5.58 Å². The van der Waals surface area contributed by atoms with Crippen LogP contribution in [0.5, 0.6) is 0 Å². The first kappa shape index (κ1) is 10.4. The number of carbonyl (C=O) groups excluding carboxylic acids is 1. The Morgan fingerprint density at radius 1 is 1.39 bits per heavy atom. The predicted molar refractivity (Wildman–Crippen MR) is 67.2 cm³/mol. The van der Waals surface area contributed by atoms with E-state index in [0.29, 0.717) is 17.2 Å². The van der Waals surface area contributed by atoms with Crippen molar-refractivity contribution in [3.05, 3.63) is 42.4 Å². The van der Waals surface area contributed by atoms with Gasteiger partial charge in [0.15, 0.2) is 5.76 Å². The molecule has 18 heavy (non-hydrogen) atoms. The second kappa shape index (κ2) is 3.92. The number of rotatable bonds is 2. The number of aromatic nitrogens is 2. The average molecular weight is 242 g/mol. The molecule has 4 N–H and O–H groups in total. The summed E-state index contributed by atoms with van der Waals surface area (Å²) in [5.41, 5.74) is 6.91. The molecule has 0 unspecified atom stereocenters. The number of fused-ring (bicyclic) bond motifs is 1. The maximum Gasteiger partial charge on any atom is 0.293 e. The van der Waals surface area contributed by atoms with Crippen molar-refractivity contribution in [2.45, 2.75) is 0 Å². The summed E-state index contributed by atoms with van der Waals surface area (Å²) in [5.74, 6) is 0.228. The molecule has 3 aromatic rings. The summed E-state index contributed by atoms with van der Waals surface area (Å²) in [7, 11) is 0. The van der Waals surface area contributed by atoms with Crippen LogP contribution in [0, 0.1) is 0 Å². The predicted octanol–water partition coefficient (Wildman–Crippen LogP) is 1.99. The Kier molecular flexibility index (Phi) is 2.26. The van der Waals surface area contributed by atoms with Gasteiger partial charge in [-0.05, 0) is 24.3 Å². The first-order valence-electron chi connectivity index (χ1n) is 5.32. The van der Waals surface area contributed by atoms with E-state index in [1.807, 2.05) is 0 Å². The molecule has 0 bridgehead atoms. The number of imidazole rings is 1. The lowest BCUT2D eigenvalue weighted by Gasteiger charge is -1.96. The fourth-order valence-electron chi connectivity index (χ4n) is 1.68. The number of aromatic amines is 1. The van der Waals surface area contributed by atoms with E-state index in [1.54, 1.807) is 36.7 Å². The molecule has 2 aromatic heterocycles. The van der Waals surface area contributed by atoms with Crippen molar-refractivity contribution in [3.63, 3.8) is 0 Å². The largest absolute Gasteiger partial charge is 0.451 e. The highest BCUT2D eigenvalue weighted by atomic mass is 16.3. The van der Waals surface area contributed by atoms with E-state index in [9.17, 15) is 4.79 Å². The third-order valence-corrected chi connectivity index (χ3v) is 2.49. The molecular weight excluding hydrogens is 232 g/mol. The maximum absolute atomic E-state index is 11.9. The van der Waals surface area contributed by atoms with Crippen LogP contribution in [-0.4, -0.2) is 15.9 Å². The fourth-order valence-corrected chi connectivity index (χ4v) is 1.68. The van der Waals surface area contributed by atoms with Gasteiger partial charge in [0, 0.05) is 23.5 Å². The van der Waals surface area contributed by atoms with Gasteiger partial charge in [-0.15, -0.1) is 0 Å². The highest BCUT2D eigenvalue weighted by molar-refractivity contribution is 6.03. The lowest BCUT2D eigenvalue weighted by Crippen LogP contribution is -2.11. The van der Waals surface area contributed by atoms with Gasteiger partial charge in [-0.3, -0.25) is 10.1 Å². The molecule has 0 saturated carbocycles. The van der Waals surface area contributed by atoms with Crippen LogP contribution in [0.2, 0.25) is 0 Å². The van der Waals surface area contributed by atoms with E-state index in [4.69, 9.17) is 10.2 Å². The average Bonchev–Trinajstić information content (AvgIpc) is 2.96. The zero-order valence-corrected chi connectivity index (χ0v) is 9.31. The van der Waals surface area contributed by atoms with E-state index in [1.165, 1.54) is 0 Å². The number of hydrogen-bond donors (Lipinski definition) is 3. The van der Waals surface area contributed by atoms with Gasteiger partial charge in [0.25, 0.3) is 5.91 Å². The summed E-state index contributed by atoms with van der Waals surface area (Å²) in [4.78, 5) is 18.5. The van der Waals surface area contributed by atoms with Crippen molar-refractivity contribution < 1.29 is 9.21 Å². The van der Waals surface area contributed by atoms with Crippen LogP contribution in [0.4, 0.5) is 11.6 Å². The molecule has 90 valence electrons. The van der Waals surface area contributed by atoms with Crippen LogP contribution in [0.15, 0.2) is 41.1 Å². The van der Waals surface area contributed by atoms with Gasteiger partial charge in [0.05, 0.1) is 0 Å². The summed E-state index contributed by atoms with van der Waals surface area (Å²) in [6.45, 7) is 0. The molecule has 3 rings (SSSR count). The first-order valence-corrected chi connectivity index (χ1v) is 5.32. The minimum absolute atomic E-state index is 0.215. The summed E-state index contributed by atoms with van der Waals surface area (Å²) < 4.78 is 5.42. The summed E-state index contributed by atoms with van der Waals surface area (Å²) >= 11 is 0. The smallest absolute Gasteiger partial charge is 0.293 e. The van der Waals surface area contributed by atoms with Crippen molar-refractivity contribution >= 4 is 28.5 Å². The minimum Gasteiger partial charge on any atom is -0.451 e. The van der Waals surface area contributed by atoms with Crippen molar-refractivity contribution in [3.8, 4) is 0 Å². The van der Waals surface area contributed by atoms with Crippen LogP contribution in [0.3, 0.4) is 0 Å². The van der Waals surface area contributed by atoms with Crippen LogP contribution < -0.4 is 11.1 Å². The standard InChI is InChI=1S/C12H10N4O2/c13-8-1-2-9-7(5-8)6-10(18-9)11(17)16-12-14-3-4-15-12/h1-6H,13H2,(H2,14,15,16,17). The molecule has 1 amide bonds. The molecule has 0 aliphatic carbocycles. The molecule has 0 fully saturated rings. The van der Waals surface area contributed by atoms with E-state index in [0.717, 1.165) is 5.39 Å². The number of nitrogen functional groups attached to an aromatic ring is 1. The molecule has 2 heterocycles. The Labute approximate surface area is 102 Å². The molecule has 6 nitrogen and oxygen atoms in total. The number of nitrogens with zero attached hydrogens (tertiary/aromatic N) is 1. The second-order valence-corrected chi connectivity index (χ2v) is 3.80. The maximum atomic E-state index is 11.9. The van der Waals surface area contributed by atoms with Crippen LogP contribution >= 0.6 is 0 Å². The van der Waals surface area contributed by atoms with Crippen molar-refractivity contribution in [2.24, 2.45) is 0 Å². The number of H-pyrrole nitrogens is 1. The Balaban J connectivity index is 1.92. The van der Waals surface area contributed by atoms with E-state index in [2.05, 4.69) is 15.3 Å². The highest BCUT2D eigenvalue weighted by Crippen LogP contribution is 2.22. The Hall–Kier alpha value is -2.76. The number of nitrogens with two attached hydrogens (primary N) is 1. The first-order chi connectivity index (χ1) is 8.72. The van der Waals surface area contributed by atoms with Crippen LogP contribution in [0.25, 0.3) is 11.0 Å². The quantitative estimate of drug-likeness (QED) is 0.598. The number of anilines is 2. The molecule has 0 atom stereocenters. The molecule has 6 heteroatoms. The Bertz CT molecular complexity index is 700. The van der Waals surface area contributed by atoms with Crippen molar-refractivity contribution in [1.82, 2.24) is 9.97 Å². The van der Waals surface area contributed by atoms with Crippen molar-refractivity contribution in [2.75, 3.05) is 11.1 Å². The Morgan fingerprint density at radius 2 is 2.28 bits per heavy atom. The van der Waals surface area contributed by atoms with Crippen LogP contribution in [0.1, 0.15) is 10.6 Å². The number of benzene rings is 1. The monoisotopic (exact) mass is 242 g/mol. The third-order valence-electron chi connectivity index (χ3n) is 2.49. The summed E-state index contributed by atoms with van der Waals surface area (Å²) in [5, 5.41) is 3.37. The molecule has 0 spiro atoms. The number of furan rings is 1. The zero-order valence-electron chi connectivity index (χ0n) is 9.31. The summed E-state index contributed by atoms with van der Waals surface area (Å²) in [6.07, 6.45) is 3.17. The number of hydrogen-bond acceptors (Lipinski definition) is 4. The number of carbonyl (C=O) groups is 1. The van der Waals surface area contributed by atoms with Gasteiger partial charge >= 0.3 is 0 Å². The molecule has 0 aliphatic rings. The zero-order chi connectivity index (χ0) is 12.5. The van der Waals surface area contributed by atoms with Gasteiger partial charge < -0.3 is 15.1 Å². The van der Waals surface area contributed by atoms with Crippen molar-refractivity contribution in [1.29, 1.82) is 0 Å². The van der Waals surface area contributed by atoms with Crippen LogP contribution in [-0.2, 0) is 0 Å². The fraction of sp³-hybridized carbons (Fsp3) is 0. The molecule has 0 radical (unpaired) electrons. The number of nitrogens with one attached hydrogen (secondary N) is 2. The van der Waals surface area contributed by atoms with Gasteiger partial charge in [-0.25, -0.2) is 4.98 Å². The van der Waals surface area contributed by atoms with E-state index >= 15 is 0 Å². The normalized spacial score (nSPS) is 10.7. The number of amides is 1. The lowest BCUT2D eigenvalue weighted by atomic mass is 10.2.